The van der Waals surface area contributed by atoms with Gasteiger partial charge in [-0.25, -0.2) is 13.6 Å². The zero-order chi connectivity index (χ0) is 12.4. The molecule has 2 aromatic rings. The van der Waals surface area contributed by atoms with Crippen LogP contribution >= 0.6 is 0 Å². The molecule has 2 rings (SSSR count). The van der Waals surface area contributed by atoms with Crippen molar-refractivity contribution in [1.82, 2.24) is 9.97 Å². The van der Waals surface area contributed by atoms with Crippen molar-refractivity contribution in [1.29, 1.82) is 0 Å². The smallest absolute Gasteiger partial charge is 0.311 e. The quantitative estimate of drug-likeness (QED) is 0.817. The molecule has 2 N–H and O–H groups in total. The third kappa shape index (κ3) is 2.87. The van der Waals surface area contributed by atoms with Gasteiger partial charge in [-0.1, -0.05) is 0 Å². The molecule has 0 aliphatic rings. The van der Waals surface area contributed by atoms with Crippen LogP contribution in [0.25, 0.3) is 0 Å². The fourth-order valence-electron chi connectivity index (χ4n) is 1.55. The van der Waals surface area contributed by atoms with Crippen LogP contribution in [0.5, 0.6) is 0 Å². The molecule has 0 aliphatic heterocycles. The number of rotatable bonds is 2. The molecule has 1 aromatic carbocycles. The average molecular weight is 238 g/mol. The summed E-state index contributed by atoms with van der Waals surface area (Å²) in [5, 5.41) is 0. The van der Waals surface area contributed by atoms with Crippen molar-refractivity contribution in [3.63, 3.8) is 0 Å². The van der Waals surface area contributed by atoms with Gasteiger partial charge < -0.3 is 4.98 Å². The lowest BCUT2D eigenvalue weighted by molar-refractivity contribution is 0.580. The summed E-state index contributed by atoms with van der Waals surface area (Å²) in [7, 11) is 0. The summed E-state index contributed by atoms with van der Waals surface area (Å²) in [6.45, 7) is 0. The van der Waals surface area contributed by atoms with E-state index in [1.54, 1.807) is 0 Å². The van der Waals surface area contributed by atoms with Gasteiger partial charge in [0.25, 0.3) is 5.56 Å². The average Bonchev–Trinajstić information content (AvgIpc) is 2.13. The van der Waals surface area contributed by atoms with Crippen molar-refractivity contribution in [2.24, 2.45) is 0 Å². The predicted octanol–water partition coefficient (Wildman–Crippen LogP) is 0.932. The number of hydrogen-bond donors (Lipinski definition) is 2. The number of halogens is 2. The largest absolute Gasteiger partial charge is 0.325 e. The van der Waals surface area contributed by atoms with Crippen molar-refractivity contribution in [2.45, 2.75) is 6.42 Å². The maximum absolute atomic E-state index is 12.9. The first-order chi connectivity index (χ1) is 8.02. The molecule has 0 fully saturated rings. The van der Waals surface area contributed by atoms with E-state index >= 15 is 0 Å². The molecule has 0 saturated heterocycles. The number of hydrogen-bond acceptors (Lipinski definition) is 2. The van der Waals surface area contributed by atoms with Gasteiger partial charge in [-0.2, -0.15) is 0 Å². The predicted molar refractivity (Wildman–Crippen MR) is 56.8 cm³/mol. The molecular formula is C11H8F2N2O2. The van der Waals surface area contributed by atoms with Gasteiger partial charge in [0, 0.05) is 24.2 Å². The highest BCUT2D eigenvalue weighted by molar-refractivity contribution is 5.22. The van der Waals surface area contributed by atoms with E-state index in [1.807, 2.05) is 4.98 Å². The zero-order valence-corrected chi connectivity index (χ0v) is 8.59. The summed E-state index contributed by atoms with van der Waals surface area (Å²) in [5.41, 5.74) is -0.572. The number of nitrogens with one attached hydrogen (secondary N) is 2. The summed E-state index contributed by atoms with van der Waals surface area (Å²) >= 11 is 0. The molecule has 6 heteroatoms. The monoisotopic (exact) mass is 238 g/mol. The minimum Gasteiger partial charge on any atom is -0.311 e. The van der Waals surface area contributed by atoms with Crippen LogP contribution in [0.3, 0.4) is 0 Å². The molecule has 1 aromatic heterocycles. The van der Waals surface area contributed by atoms with Crippen molar-refractivity contribution in [2.75, 3.05) is 0 Å². The number of benzene rings is 1. The highest BCUT2D eigenvalue weighted by Crippen LogP contribution is 2.10. The van der Waals surface area contributed by atoms with Crippen molar-refractivity contribution >= 4 is 0 Å². The van der Waals surface area contributed by atoms with Gasteiger partial charge in [-0.15, -0.1) is 0 Å². The highest BCUT2D eigenvalue weighted by Gasteiger charge is 2.03. The number of aromatic nitrogens is 2. The fraction of sp³-hybridized carbons (Fsp3) is 0.0909. The Morgan fingerprint density at radius 3 is 2.18 bits per heavy atom. The molecule has 0 amide bonds. The van der Waals surface area contributed by atoms with Gasteiger partial charge in [0.2, 0.25) is 0 Å². The molecule has 4 nitrogen and oxygen atoms in total. The van der Waals surface area contributed by atoms with Crippen LogP contribution in [0.4, 0.5) is 8.78 Å². The van der Waals surface area contributed by atoms with E-state index in [-0.39, 0.29) is 6.42 Å². The van der Waals surface area contributed by atoms with Crippen LogP contribution in [-0.4, -0.2) is 9.97 Å². The van der Waals surface area contributed by atoms with Gasteiger partial charge in [-0.3, -0.25) is 9.78 Å². The molecule has 0 saturated carbocycles. The van der Waals surface area contributed by atoms with Crippen LogP contribution in [-0.2, 0) is 6.42 Å². The van der Waals surface area contributed by atoms with E-state index in [0.29, 0.717) is 11.3 Å². The minimum atomic E-state index is -0.702. The lowest BCUT2D eigenvalue weighted by Gasteiger charge is -2.01. The van der Waals surface area contributed by atoms with Gasteiger partial charge in [-0.05, 0) is 17.7 Å². The molecule has 0 atom stereocenters. The van der Waals surface area contributed by atoms with Crippen LogP contribution in [0.2, 0.25) is 0 Å². The van der Waals surface area contributed by atoms with Gasteiger partial charge in [0.15, 0.2) is 0 Å². The second-order valence-corrected chi connectivity index (χ2v) is 3.57. The first kappa shape index (κ1) is 11.3. The normalized spacial score (nSPS) is 10.5. The van der Waals surface area contributed by atoms with Crippen LogP contribution in [0.15, 0.2) is 33.9 Å². The second-order valence-electron chi connectivity index (χ2n) is 3.57. The Morgan fingerprint density at radius 1 is 0.941 bits per heavy atom. The summed E-state index contributed by atoms with van der Waals surface area (Å²) < 4.78 is 25.8. The Hall–Kier alpha value is -2.24. The Kier molecular flexibility index (Phi) is 2.86. The Balaban J connectivity index is 2.37. The summed E-state index contributed by atoms with van der Waals surface area (Å²) in [6, 6.07) is 4.21. The van der Waals surface area contributed by atoms with E-state index in [4.69, 9.17) is 0 Å². The molecule has 88 valence electrons. The van der Waals surface area contributed by atoms with Crippen molar-refractivity contribution < 1.29 is 8.78 Å². The lowest BCUT2D eigenvalue weighted by atomic mass is 10.1. The molecular weight excluding hydrogens is 230 g/mol. The van der Waals surface area contributed by atoms with Crippen molar-refractivity contribution in [3.8, 4) is 0 Å². The number of aromatic amines is 2. The third-order valence-corrected chi connectivity index (χ3v) is 2.13. The molecule has 0 bridgehead atoms. The molecule has 0 aliphatic carbocycles. The van der Waals surface area contributed by atoms with Crippen LogP contribution < -0.4 is 11.2 Å². The molecule has 0 unspecified atom stereocenters. The van der Waals surface area contributed by atoms with E-state index < -0.39 is 22.9 Å². The Bertz CT molecular complexity index is 613. The van der Waals surface area contributed by atoms with E-state index in [1.165, 1.54) is 6.07 Å². The topological polar surface area (TPSA) is 65.7 Å². The second kappa shape index (κ2) is 4.32. The molecule has 17 heavy (non-hydrogen) atoms. The van der Waals surface area contributed by atoms with E-state index in [9.17, 15) is 18.4 Å². The fourth-order valence-corrected chi connectivity index (χ4v) is 1.55. The zero-order valence-electron chi connectivity index (χ0n) is 8.59. The van der Waals surface area contributed by atoms with E-state index in [0.717, 1.165) is 18.2 Å². The molecule has 1 heterocycles. The van der Waals surface area contributed by atoms with Gasteiger partial charge >= 0.3 is 5.69 Å². The minimum absolute atomic E-state index is 0.0772. The molecule has 0 spiro atoms. The maximum Gasteiger partial charge on any atom is 0.325 e. The molecule has 0 radical (unpaired) electrons. The summed E-state index contributed by atoms with van der Waals surface area (Å²) in [5.74, 6) is -1.40. The van der Waals surface area contributed by atoms with Gasteiger partial charge in [0.1, 0.15) is 11.6 Å². The first-order valence-electron chi connectivity index (χ1n) is 4.80. The Morgan fingerprint density at radius 2 is 1.59 bits per heavy atom. The Labute approximate surface area is 93.9 Å². The summed E-state index contributed by atoms with van der Waals surface area (Å²) in [6.07, 6.45) is 0.0772. The van der Waals surface area contributed by atoms with E-state index in [2.05, 4.69) is 4.98 Å². The third-order valence-electron chi connectivity index (χ3n) is 2.13. The van der Waals surface area contributed by atoms with Crippen molar-refractivity contribution in [3.05, 3.63) is 68.0 Å². The van der Waals surface area contributed by atoms with Crippen LogP contribution in [0, 0.1) is 11.6 Å². The van der Waals surface area contributed by atoms with Crippen LogP contribution in [0.1, 0.15) is 11.3 Å². The highest BCUT2D eigenvalue weighted by atomic mass is 19.1. The first-order valence-corrected chi connectivity index (χ1v) is 4.80. The summed E-state index contributed by atoms with van der Waals surface area (Å²) in [4.78, 5) is 26.4. The standard InChI is InChI=1S/C11H8F2N2O2/c12-7-1-6(2-8(13)4-7)3-9-5-10(16)15-11(17)14-9/h1-2,4-5H,3H2,(H2,14,15,16,17). The maximum atomic E-state index is 12.9. The van der Waals surface area contributed by atoms with Gasteiger partial charge in [0.05, 0.1) is 0 Å². The lowest BCUT2D eigenvalue weighted by Crippen LogP contribution is -2.23. The number of H-pyrrole nitrogens is 2. The SMILES string of the molecule is O=c1cc(Cc2cc(F)cc(F)c2)[nH]c(=O)[nH]1.